The molecule has 0 saturated heterocycles. The van der Waals surface area contributed by atoms with Gasteiger partial charge in [0.25, 0.3) is 5.91 Å². The first-order chi connectivity index (χ1) is 11.3. The minimum absolute atomic E-state index is 0.0388. The highest BCUT2D eigenvalue weighted by Gasteiger charge is 2.18. The Labute approximate surface area is 141 Å². The van der Waals surface area contributed by atoms with E-state index < -0.39 is 0 Å². The van der Waals surface area contributed by atoms with E-state index in [4.69, 9.17) is 0 Å². The van der Waals surface area contributed by atoms with E-state index in [0.717, 1.165) is 18.5 Å². The highest BCUT2D eigenvalue weighted by atomic mass is 32.2. The Hall–Kier alpha value is -1.78. The fourth-order valence-corrected chi connectivity index (χ4v) is 4.03. The van der Waals surface area contributed by atoms with Crippen LogP contribution in [0.5, 0.6) is 0 Å². The van der Waals surface area contributed by atoms with Crippen LogP contribution in [-0.4, -0.2) is 18.7 Å². The number of thioether (sulfide) groups is 1. The van der Waals surface area contributed by atoms with Crippen molar-refractivity contribution in [3.05, 3.63) is 65.2 Å². The number of nitrogens with one attached hydrogen (secondary N) is 2. The zero-order chi connectivity index (χ0) is 16.1. The van der Waals surface area contributed by atoms with E-state index in [2.05, 4.69) is 41.0 Å². The molecule has 3 rings (SSSR count). The van der Waals surface area contributed by atoms with Crippen LogP contribution in [0.1, 0.15) is 40.4 Å². The molecule has 2 N–H and O–H groups in total. The van der Waals surface area contributed by atoms with Gasteiger partial charge < -0.3 is 10.6 Å². The first-order valence-corrected chi connectivity index (χ1v) is 9.02. The lowest BCUT2D eigenvalue weighted by atomic mass is 10.0. The van der Waals surface area contributed by atoms with Crippen molar-refractivity contribution in [2.75, 3.05) is 12.8 Å². The topological polar surface area (TPSA) is 41.1 Å². The first kappa shape index (κ1) is 16.1. The SMILES string of the molecule is CNC(=O)c1cccc(CN[C@@H]2CCCSc3ccccc32)c1. The molecule has 1 aliphatic heterocycles. The summed E-state index contributed by atoms with van der Waals surface area (Å²) in [5.41, 5.74) is 3.25. The third-order valence-electron chi connectivity index (χ3n) is 4.16. The summed E-state index contributed by atoms with van der Waals surface area (Å²) in [6, 6.07) is 16.9. The van der Waals surface area contributed by atoms with Crippen molar-refractivity contribution in [3.63, 3.8) is 0 Å². The lowest BCUT2D eigenvalue weighted by Gasteiger charge is -2.19. The molecule has 3 nitrogen and oxygen atoms in total. The van der Waals surface area contributed by atoms with Crippen molar-refractivity contribution in [1.29, 1.82) is 0 Å². The predicted octanol–water partition coefficient (Wildman–Crippen LogP) is 3.76. The molecule has 4 heteroatoms. The smallest absolute Gasteiger partial charge is 0.251 e. The molecule has 0 fully saturated rings. The van der Waals surface area contributed by atoms with Gasteiger partial charge in [0, 0.05) is 30.1 Å². The molecule has 1 aliphatic rings. The molecule has 0 unspecified atom stereocenters. The van der Waals surface area contributed by atoms with Crippen LogP contribution < -0.4 is 10.6 Å². The zero-order valence-electron chi connectivity index (χ0n) is 13.3. The summed E-state index contributed by atoms with van der Waals surface area (Å²) in [5.74, 6) is 1.14. The average molecular weight is 326 g/mol. The Morgan fingerprint density at radius 3 is 2.96 bits per heavy atom. The number of benzene rings is 2. The quantitative estimate of drug-likeness (QED) is 0.899. The van der Waals surface area contributed by atoms with Gasteiger partial charge in [0.1, 0.15) is 0 Å². The number of carbonyl (C=O) groups excluding carboxylic acids is 1. The van der Waals surface area contributed by atoms with Crippen molar-refractivity contribution in [1.82, 2.24) is 10.6 Å². The van der Waals surface area contributed by atoms with E-state index in [-0.39, 0.29) is 5.91 Å². The molecular formula is C19H22N2OS. The molecule has 0 radical (unpaired) electrons. The minimum Gasteiger partial charge on any atom is -0.355 e. The number of hydrogen-bond acceptors (Lipinski definition) is 3. The number of rotatable bonds is 4. The van der Waals surface area contributed by atoms with E-state index in [9.17, 15) is 4.79 Å². The van der Waals surface area contributed by atoms with E-state index in [1.807, 2.05) is 30.0 Å². The summed E-state index contributed by atoms with van der Waals surface area (Å²) in [4.78, 5) is 13.1. The van der Waals surface area contributed by atoms with Gasteiger partial charge in [-0.25, -0.2) is 0 Å². The van der Waals surface area contributed by atoms with Gasteiger partial charge in [-0.1, -0.05) is 30.3 Å². The fourth-order valence-electron chi connectivity index (χ4n) is 2.94. The molecule has 2 aromatic carbocycles. The predicted molar refractivity (Wildman–Crippen MR) is 95.8 cm³/mol. The summed E-state index contributed by atoms with van der Waals surface area (Å²) in [5, 5.41) is 6.35. The maximum absolute atomic E-state index is 11.7. The summed E-state index contributed by atoms with van der Waals surface area (Å²) in [7, 11) is 1.66. The van der Waals surface area contributed by atoms with Gasteiger partial charge in [0.2, 0.25) is 0 Å². The highest BCUT2D eigenvalue weighted by molar-refractivity contribution is 7.99. The van der Waals surface area contributed by atoms with Gasteiger partial charge >= 0.3 is 0 Å². The Kier molecular flexibility index (Phi) is 5.36. The molecule has 0 spiro atoms. The van der Waals surface area contributed by atoms with Gasteiger partial charge in [-0.15, -0.1) is 11.8 Å². The van der Waals surface area contributed by atoms with Crippen LogP contribution in [-0.2, 0) is 6.54 Å². The molecule has 1 amide bonds. The second-order valence-corrected chi connectivity index (χ2v) is 6.88. The molecule has 0 saturated carbocycles. The van der Waals surface area contributed by atoms with Crippen molar-refractivity contribution in [2.45, 2.75) is 30.3 Å². The molecule has 0 bridgehead atoms. The number of carbonyl (C=O) groups is 1. The van der Waals surface area contributed by atoms with Crippen LogP contribution in [0.2, 0.25) is 0 Å². The van der Waals surface area contributed by atoms with Crippen LogP contribution in [0.3, 0.4) is 0 Å². The summed E-state index contributed by atoms with van der Waals surface area (Å²) >= 11 is 1.95. The largest absolute Gasteiger partial charge is 0.355 e. The van der Waals surface area contributed by atoms with Gasteiger partial charge in [0.05, 0.1) is 0 Å². The lowest BCUT2D eigenvalue weighted by molar-refractivity contribution is 0.0963. The summed E-state index contributed by atoms with van der Waals surface area (Å²) < 4.78 is 0. The Morgan fingerprint density at radius 2 is 2.09 bits per heavy atom. The average Bonchev–Trinajstić information content (AvgIpc) is 2.82. The van der Waals surface area contributed by atoms with Crippen LogP contribution in [0.25, 0.3) is 0 Å². The third-order valence-corrected chi connectivity index (χ3v) is 5.33. The second-order valence-electron chi connectivity index (χ2n) is 5.74. The Bertz CT molecular complexity index is 687. The molecule has 0 aliphatic carbocycles. The second kappa shape index (κ2) is 7.66. The first-order valence-electron chi connectivity index (χ1n) is 8.04. The molecule has 0 aromatic heterocycles. The Balaban J connectivity index is 1.72. The van der Waals surface area contributed by atoms with Gasteiger partial charge in [-0.2, -0.15) is 0 Å². The molecular weight excluding hydrogens is 304 g/mol. The number of amides is 1. The number of fused-ring (bicyclic) bond motifs is 1. The van der Waals surface area contributed by atoms with Crippen LogP contribution in [0, 0.1) is 0 Å². The highest BCUT2D eigenvalue weighted by Crippen LogP contribution is 2.34. The molecule has 2 aromatic rings. The van der Waals surface area contributed by atoms with Crippen LogP contribution in [0.4, 0.5) is 0 Å². The van der Waals surface area contributed by atoms with E-state index in [1.165, 1.54) is 22.6 Å². The molecule has 23 heavy (non-hydrogen) atoms. The summed E-state index contributed by atoms with van der Waals surface area (Å²) in [6.07, 6.45) is 2.37. The van der Waals surface area contributed by atoms with Gasteiger partial charge in [-0.05, 0) is 47.9 Å². The van der Waals surface area contributed by atoms with Crippen molar-refractivity contribution in [3.8, 4) is 0 Å². The van der Waals surface area contributed by atoms with Gasteiger partial charge in [-0.3, -0.25) is 4.79 Å². The summed E-state index contributed by atoms with van der Waals surface area (Å²) in [6.45, 7) is 0.772. The van der Waals surface area contributed by atoms with Crippen molar-refractivity contribution >= 4 is 17.7 Å². The maximum Gasteiger partial charge on any atom is 0.251 e. The molecule has 1 heterocycles. The standard InChI is InChI=1S/C19H22N2OS/c1-20-19(22)15-7-4-6-14(12-15)13-21-17-9-5-11-23-18-10-3-2-8-16(17)18/h2-4,6-8,10,12,17,21H,5,9,11,13H2,1H3,(H,20,22)/t17-/m1/s1. The number of hydrogen-bond donors (Lipinski definition) is 2. The molecule has 1 atom stereocenters. The van der Waals surface area contributed by atoms with Crippen LogP contribution in [0.15, 0.2) is 53.4 Å². The monoisotopic (exact) mass is 326 g/mol. The van der Waals surface area contributed by atoms with Crippen LogP contribution >= 0.6 is 11.8 Å². The van der Waals surface area contributed by atoms with Crippen molar-refractivity contribution in [2.24, 2.45) is 0 Å². The Morgan fingerprint density at radius 1 is 1.22 bits per heavy atom. The maximum atomic E-state index is 11.7. The van der Waals surface area contributed by atoms with E-state index in [0.29, 0.717) is 11.6 Å². The minimum atomic E-state index is -0.0388. The van der Waals surface area contributed by atoms with E-state index >= 15 is 0 Å². The lowest BCUT2D eigenvalue weighted by Crippen LogP contribution is -2.22. The van der Waals surface area contributed by atoms with Crippen molar-refractivity contribution < 1.29 is 4.79 Å². The fraction of sp³-hybridized carbons (Fsp3) is 0.316. The van der Waals surface area contributed by atoms with E-state index in [1.54, 1.807) is 7.05 Å². The normalized spacial score (nSPS) is 17.2. The zero-order valence-corrected chi connectivity index (χ0v) is 14.2. The third kappa shape index (κ3) is 3.95. The molecule has 120 valence electrons. The van der Waals surface area contributed by atoms with Gasteiger partial charge in [0.15, 0.2) is 0 Å².